The van der Waals surface area contributed by atoms with Crippen LogP contribution < -0.4 is 0 Å². The summed E-state index contributed by atoms with van der Waals surface area (Å²) in [5, 5.41) is 0. The van der Waals surface area contributed by atoms with Crippen molar-refractivity contribution in [2.24, 2.45) is 56.2 Å². The van der Waals surface area contributed by atoms with Gasteiger partial charge in [0.1, 0.15) is 46.3 Å². The van der Waals surface area contributed by atoms with E-state index in [-0.39, 0.29) is 67.8 Å². The summed E-state index contributed by atoms with van der Waals surface area (Å²) in [6, 6.07) is 0. The molecule has 1 unspecified atom stereocenters. The number of ether oxygens (including phenoxy) is 7. The van der Waals surface area contributed by atoms with E-state index in [1.807, 2.05) is 166 Å². The summed E-state index contributed by atoms with van der Waals surface area (Å²) in [4.78, 5) is 92.5. The van der Waals surface area contributed by atoms with Crippen LogP contribution in [0.15, 0.2) is 0 Å². The summed E-state index contributed by atoms with van der Waals surface area (Å²) in [6.07, 6.45) is 15.2. The molecular weight excluding hydrogens is 1140 g/mol. The molecule has 530 valence electrons. The van der Waals surface area contributed by atoms with Crippen molar-refractivity contribution in [3.05, 3.63) is 0 Å². The first kappa shape index (κ1) is 91.3. The first-order chi connectivity index (χ1) is 40.9. The minimum absolute atomic E-state index is 0.0753. The minimum Gasteiger partial charge on any atom is -0.350 e. The third-order valence-corrected chi connectivity index (χ3v) is 15.7. The fourth-order valence-corrected chi connectivity index (χ4v) is 8.63. The largest absolute Gasteiger partial charge is 0.350 e. The number of hydrogen-bond donors (Lipinski definition) is 0. The normalized spacial score (nSPS) is 18.6. The molecule has 0 aromatic carbocycles. The molecule has 0 bridgehead atoms. The van der Waals surface area contributed by atoms with E-state index in [1.165, 1.54) is 0 Å². The quantitative estimate of drug-likeness (QED) is 0.0669. The molecule has 0 amide bonds. The SMILES string of the molecule is CC(C)CC(=O)CCCCCC(=O)C(C)(C)C.CC1(C)OCC(CC(=O)C(C)(C)C)CO1.CC1(C)OCC(CCC(=O)C(C)(C)C)O1.CCC(=O)CCCCCC(=O)C(C)(C)C.CCC(CC)CC(=O)C(C)(C)C.CCOC1OCC(CC(=O)C(C)(C)C)CO1. The van der Waals surface area contributed by atoms with Crippen LogP contribution in [-0.4, -0.2) is 110 Å². The maximum Gasteiger partial charge on any atom is 0.271 e. The Morgan fingerprint density at radius 1 is 0.422 bits per heavy atom. The molecule has 0 spiro atoms. The smallest absolute Gasteiger partial charge is 0.271 e. The summed E-state index contributed by atoms with van der Waals surface area (Å²) >= 11 is 0. The van der Waals surface area contributed by atoms with Crippen molar-refractivity contribution in [2.45, 2.75) is 340 Å². The molecule has 3 aliphatic heterocycles. The zero-order valence-electron chi connectivity index (χ0n) is 63.3. The average Bonchev–Trinajstić information content (AvgIpc) is 1.55. The Morgan fingerprint density at radius 2 is 0.778 bits per heavy atom. The third-order valence-electron chi connectivity index (χ3n) is 15.7. The van der Waals surface area contributed by atoms with E-state index in [2.05, 4.69) is 27.7 Å². The molecule has 3 saturated heterocycles. The van der Waals surface area contributed by atoms with Gasteiger partial charge in [0.15, 0.2) is 11.6 Å². The van der Waals surface area contributed by atoms with Gasteiger partial charge in [0.05, 0.1) is 39.1 Å². The molecule has 0 aliphatic carbocycles. The lowest BCUT2D eigenvalue weighted by atomic mass is 9.84. The van der Waals surface area contributed by atoms with E-state index in [1.54, 1.807) is 0 Å². The number of carbonyl (C=O) groups excluding carboxylic acids is 8. The molecular formula is C75H140O15. The summed E-state index contributed by atoms with van der Waals surface area (Å²) in [6.45, 7) is 58.0. The van der Waals surface area contributed by atoms with Crippen LogP contribution in [0.25, 0.3) is 0 Å². The van der Waals surface area contributed by atoms with E-state index in [4.69, 9.17) is 33.2 Å². The van der Waals surface area contributed by atoms with E-state index < -0.39 is 18.1 Å². The van der Waals surface area contributed by atoms with Gasteiger partial charge in [0.2, 0.25) is 0 Å². The number of unbranched alkanes of at least 4 members (excludes halogenated alkanes) is 4. The summed E-state index contributed by atoms with van der Waals surface area (Å²) < 4.78 is 38.0. The van der Waals surface area contributed by atoms with Crippen molar-refractivity contribution < 1.29 is 71.5 Å². The highest BCUT2D eigenvalue weighted by molar-refractivity contribution is 5.86. The Kier molecular flexibility index (Phi) is 44.6. The van der Waals surface area contributed by atoms with Crippen molar-refractivity contribution in [1.29, 1.82) is 0 Å². The second-order valence-corrected chi connectivity index (χ2v) is 32.6. The monoisotopic (exact) mass is 1280 g/mol. The molecule has 1 atom stereocenters. The molecule has 90 heavy (non-hydrogen) atoms. The predicted octanol–water partition coefficient (Wildman–Crippen LogP) is 18.0. The topological polar surface area (TPSA) is 201 Å². The van der Waals surface area contributed by atoms with Gasteiger partial charge in [-0.25, -0.2) is 0 Å². The van der Waals surface area contributed by atoms with Crippen molar-refractivity contribution in [2.75, 3.05) is 39.6 Å². The number of carbonyl (C=O) groups is 8. The highest BCUT2D eigenvalue weighted by Crippen LogP contribution is 2.30. The van der Waals surface area contributed by atoms with Crippen LogP contribution in [-0.2, 0) is 71.5 Å². The van der Waals surface area contributed by atoms with Crippen LogP contribution in [0.1, 0.15) is 316 Å². The summed E-state index contributed by atoms with van der Waals surface area (Å²) in [5.41, 5.74) is -1.35. The van der Waals surface area contributed by atoms with Gasteiger partial charge in [-0.1, -0.05) is 185 Å². The van der Waals surface area contributed by atoms with Gasteiger partial charge >= 0.3 is 0 Å². The Balaban J connectivity index is -0.00000101. The molecule has 3 aliphatic rings. The molecule has 3 fully saturated rings. The van der Waals surface area contributed by atoms with Crippen molar-refractivity contribution in [3.8, 4) is 0 Å². The van der Waals surface area contributed by atoms with Gasteiger partial charge in [-0.3, -0.25) is 38.4 Å². The van der Waals surface area contributed by atoms with Gasteiger partial charge < -0.3 is 33.2 Å². The lowest BCUT2D eigenvalue weighted by Crippen LogP contribution is -2.40. The minimum atomic E-state index is -0.550. The fraction of sp³-hybridized carbons (Fsp3) is 0.893. The van der Waals surface area contributed by atoms with E-state index >= 15 is 0 Å². The third kappa shape index (κ3) is 47.9. The second-order valence-electron chi connectivity index (χ2n) is 32.6. The van der Waals surface area contributed by atoms with E-state index in [0.717, 1.165) is 64.2 Å². The fourth-order valence-electron chi connectivity index (χ4n) is 8.63. The molecule has 15 heteroatoms. The van der Waals surface area contributed by atoms with Gasteiger partial charge in [-0.15, -0.1) is 0 Å². The van der Waals surface area contributed by atoms with Crippen LogP contribution in [0, 0.1) is 56.2 Å². The zero-order chi connectivity index (χ0) is 70.7. The van der Waals surface area contributed by atoms with Crippen molar-refractivity contribution in [1.82, 2.24) is 0 Å². The Morgan fingerprint density at radius 3 is 1.11 bits per heavy atom. The number of ketones is 8. The Bertz CT molecular complexity index is 2030. The molecule has 0 N–H and O–H groups in total. The lowest BCUT2D eigenvalue weighted by molar-refractivity contribution is -0.320. The first-order valence-electron chi connectivity index (χ1n) is 34.5. The molecule has 3 heterocycles. The van der Waals surface area contributed by atoms with Crippen molar-refractivity contribution in [3.63, 3.8) is 0 Å². The Hall–Kier alpha value is -2.92. The van der Waals surface area contributed by atoms with Crippen LogP contribution in [0.4, 0.5) is 0 Å². The van der Waals surface area contributed by atoms with Gasteiger partial charge in [-0.2, -0.15) is 0 Å². The first-order valence-corrected chi connectivity index (χ1v) is 34.5. The standard InChI is InChI=1S/C15H28O2.C13H24O2.C12H22O4.2C12H22O3.C11H22O/c1-12(2)11-13(16)9-7-6-8-10-14(17)15(3,4)5;1-5-11(14)9-7-6-8-10-12(15)13(2,3)4;1-5-14-11-15-7-9(8-16-11)6-10(13)12(2,3)4;1-11(2,3)10(13)6-9-7-14-12(4,5)15-8-9;1-11(2,3)10(13)7-6-9-8-14-12(4,5)15-9;1-6-9(7-2)8-10(12)11(3,4)5/h12H,6-11H2,1-5H3;5-10H2,1-4H3;9,11H,5-8H2,1-4H3;2*9H,6-8H2,1-5H3;9H,6-8H2,1-5H3. The van der Waals surface area contributed by atoms with Gasteiger partial charge in [-0.05, 0) is 78.6 Å². The number of Topliss-reactive ketones (excluding diaryl/α,β-unsaturated/α-hetero) is 8. The van der Waals surface area contributed by atoms with Gasteiger partial charge in [0.25, 0.3) is 6.48 Å². The maximum atomic E-state index is 11.8. The molecule has 0 aromatic rings. The van der Waals surface area contributed by atoms with Crippen LogP contribution >= 0.6 is 0 Å². The highest BCUT2D eigenvalue weighted by atomic mass is 16.8. The lowest BCUT2D eigenvalue weighted by Gasteiger charge is -2.35. The van der Waals surface area contributed by atoms with E-state index in [0.29, 0.717) is 138 Å². The summed E-state index contributed by atoms with van der Waals surface area (Å²) in [7, 11) is 0. The molecule has 0 aromatic heterocycles. The Labute approximate surface area is 551 Å². The molecule has 0 saturated carbocycles. The second kappa shape index (κ2) is 43.9. The van der Waals surface area contributed by atoms with Crippen LogP contribution in [0.2, 0.25) is 0 Å². The van der Waals surface area contributed by atoms with Crippen LogP contribution in [0.5, 0.6) is 0 Å². The maximum absolute atomic E-state index is 11.8. The molecule has 15 nitrogen and oxygen atoms in total. The molecule has 3 rings (SSSR count). The van der Waals surface area contributed by atoms with Crippen LogP contribution in [0.3, 0.4) is 0 Å². The van der Waals surface area contributed by atoms with Crippen molar-refractivity contribution >= 4 is 46.3 Å². The zero-order valence-corrected chi connectivity index (χ0v) is 63.3. The molecule has 0 radical (unpaired) electrons. The average molecular weight is 1280 g/mol. The predicted molar refractivity (Wildman–Crippen MR) is 365 cm³/mol. The van der Waals surface area contributed by atoms with E-state index in [9.17, 15) is 38.4 Å². The highest BCUT2D eigenvalue weighted by Gasteiger charge is 2.35. The summed E-state index contributed by atoms with van der Waals surface area (Å²) in [5.74, 6) is 3.02. The number of hydrogen-bond acceptors (Lipinski definition) is 15. The number of rotatable bonds is 28. The van der Waals surface area contributed by atoms with Gasteiger partial charge in [0, 0.05) is 115 Å².